The topological polar surface area (TPSA) is 121 Å². The van der Waals surface area contributed by atoms with E-state index in [1.54, 1.807) is 31.4 Å². The van der Waals surface area contributed by atoms with Crippen molar-refractivity contribution in [2.24, 2.45) is 10.9 Å². The van der Waals surface area contributed by atoms with Crippen LogP contribution in [-0.2, 0) is 28.7 Å². The number of carbonyl (C=O) groups is 2. The third-order valence-corrected chi connectivity index (χ3v) is 9.88. The molecule has 50 heavy (non-hydrogen) atoms. The van der Waals surface area contributed by atoms with E-state index in [4.69, 9.17) is 4.74 Å². The van der Waals surface area contributed by atoms with Gasteiger partial charge in [-0.3, -0.25) is 14.6 Å². The van der Waals surface area contributed by atoms with Crippen LogP contribution in [0.2, 0.25) is 0 Å². The Morgan fingerprint density at radius 3 is 2.74 bits per heavy atom. The molecule has 0 radical (unpaired) electrons. The third kappa shape index (κ3) is 6.46. The number of rotatable bonds is 9. The van der Waals surface area contributed by atoms with Crippen LogP contribution in [0.25, 0.3) is 16.6 Å². The predicted molar refractivity (Wildman–Crippen MR) is 183 cm³/mol. The smallest absolute Gasteiger partial charge is 0.381 e. The minimum absolute atomic E-state index is 0.0390. The van der Waals surface area contributed by atoms with Gasteiger partial charge in [0, 0.05) is 61.6 Å². The number of fused-ring (bicyclic) bond motifs is 4. The number of benzene rings is 2. The standard InChI is InChI=1S/C38H35F3N6O3/c1-50-25-12-10-24(11-13-25)43-15-3-8-35(48)46-31-14-9-22(17-23(31)20-42)37(49)29-21-44-36-26(5-2-6-27(29)36)28-18-32-33(19-30(28)38(39,40)41)47-16-4-7-34(47)45-32/h2-3,5-6,8-9,14,17-19,21,24-25,27,43H,4,7,10-13,15-16H2,1H3,(H,46,48)/b8-3+/t24-,25-,27?. The number of allylic oxidation sites excluding steroid dienone is 5. The summed E-state index contributed by atoms with van der Waals surface area (Å²) in [7, 11) is 1.73. The minimum Gasteiger partial charge on any atom is -0.381 e. The molecule has 4 aliphatic rings. The Morgan fingerprint density at radius 1 is 1.16 bits per heavy atom. The van der Waals surface area contributed by atoms with Crippen molar-refractivity contribution in [3.8, 4) is 6.07 Å². The fraction of sp³-hybridized carbons (Fsp3) is 0.342. The number of alkyl halides is 3. The lowest BCUT2D eigenvalue weighted by molar-refractivity contribution is -0.137. The fourth-order valence-corrected chi connectivity index (χ4v) is 7.30. The molecule has 1 atom stereocenters. The Morgan fingerprint density at radius 2 is 1.98 bits per heavy atom. The van der Waals surface area contributed by atoms with Gasteiger partial charge in [-0.05, 0) is 68.0 Å². The molecule has 3 heterocycles. The summed E-state index contributed by atoms with van der Waals surface area (Å²) >= 11 is 0. The normalized spacial score (nSPS) is 21.4. The Balaban J connectivity index is 1.04. The van der Waals surface area contributed by atoms with Gasteiger partial charge in [0.2, 0.25) is 5.91 Å². The molecule has 1 fully saturated rings. The predicted octanol–water partition coefficient (Wildman–Crippen LogP) is 6.71. The highest BCUT2D eigenvalue weighted by Gasteiger charge is 2.39. The SMILES string of the molecule is CO[C@H]1CC[C@H](NC/C=C/C(=O)Nc2ccc(C(=O)C3=CN=C4C(c5cc6nc7n(c6cc5C(F)(F)F)CCC7)=CC=CC34)cc2C#N)CC1. The maximum absolute atomic E-state index is 14.5. The van der Waals surface area contributed by atoms with Crippen LogP contribution in [-0.4, -0.2) is 52.8 Å². The molecule has 2 aliphatic carbocycles. The number of nitrogens with zero attached hydrogens (tertiary/aromatic N) is 4. The van der Waals surface area contributed by atoms with Crippen molar-refractivity contribution in [3.63, 3.8) is 0 Å². The Kier molecular flexibility index (Phi) is 9.11. The number of amides is 1. The van der Waals surface area contributed by atoms with Gasteiger partial charge in [0.05, 0.1) is 45.6 Å². The first kappa shape index (κ1) is 33.4. The van der Waals surface area contributed by atoms with Crippen LogP contribution < -0.4 is 10.6 Å². The van der Waals surface area contributed by atoms with E-state index in [1.165, 1.54) is 42.6 Å². The number of anilines is 1. The zero-order valence-electron chi connectivity index (χ0n) is 27.4. The van der Waals surface area contributed by atoms with Crippen molar-refractivity contribution in [2.45, 2.75) is 63.4 Å². The number of nitrogens with one attached hydrogen (secondary N) is 2. The highest BCUT2D eigenvalue weighted by molar-refractivity contribution is 6.32. The van der Waals surface area contributed by atoms with E-state index < -0.39 is 29.3 Å². The number of aryl methyl sites for hydroxylation is 2. The van der Waals surface area contributed by atoms with Crippen molar-refractivity contribution in [2.75, 3.05) is 19.0 Å². The van der Waals surface area contributed by atoms with E-state index in [1.807, 2.05) is 10.6 Å². The van der Waals surface area contributed by atoms with E-state index in [0.717, 1.165) is 37.9 Å². The molecule has 9 nitrogen and oxygen atoms in total. The average Bonchev–Trinajstić information content (AvgIpc) is 3.84. The quantitative estimate of drug-likeness (QED) is 0.192. The lowest BCUT2D eigenvalue weighted by atomic mass is 9.81. The summed E-state index contributed by atoms with van der Waals surface area (Å²) in [6.07, 6.45) is 10.7. The Labute approximate surface area is 286 Å². The molecular weight excluding hydrogens is 645 g/mol. The average molecular weight is 681 g/mol. The van der Waals surface area contributed by atoms with E-state index >= 15 is 0 Å². The molecule has 12 heteroatoms. The van der Waals surface area contributed by atoms with Gasteiger partial charge < -0.3 is 19.9 Å². The molecule has 0 bridgehead atoms. The zero-order chi connectivity index (χ0) is 35.0. The molecule has 2 N–H and O–H groups in total. The van der Waals surface area contributed by atoms with E-state index in [0.29, 0.717) is 48.4 Å². The van der Waals surface area contributed by atoms with Gasteiger partial charge in [0.1, 0.15) is 11.9 Å². The highest BCUT2D eigenvalue weighted by atomic mass is 19.4. The van der Waals surface area contributed by atoms with Gasteiger partial charge in [0.25, 0.3) is 0 Å². The fourth-order valence-electron chi connectivity index (χ4n) is 7.30. The zero-order valence-corrected chi connectivity index (χ0v) is 27.4. The van der Waals surface area contributed by atoms with Crippen LogP contribution in [0.5, 0.6) is 0 Å². The van der Waals surface area contributed by atoms with Gasteiger partial charge in [0.15, 0.2) is 5.78 Å². The third-order valence-electron chi connectivity index (χ3n) is 9.88. The number of imidazole rings is 1. The lowest BCUT2D eigenvalue weighted by Gasteiger charge is -2.27. The Hall–Kier alpha value is -5.12. The largest absolute Gasteiger partial charge is 0.417 e. The first-order valence-corrected chi connectivity index (χ1v) is 16.7. The van der Waals surface area contributed by atoms with Gasteiger partial charge in [-0.1, -0.05) is 24.3 Å². The van der Waals surface area contributed by atoms with Crippen molar-refractivity contribution in [1.29, 1.82) is 5.26 Å². The second-order valence-corrected chi connectivity index (χ2v) is 12.9. The number of Topliss-reactive ketones (excluding diaryl/α,β-unsaturated/α-hetero) is 1. The van der Waals surface area contributed by atoms with Crippen LogP contribution in [0.3, 0.4) is 0 Å². The molecule has 3 aromatic rings. The van der Waals surface area contributed by atoms with Crippen molar-refractivity contribution < 1.29 is 27.5 Å². The van der Waals surface area contributed by atoms with E-state index in [-0.39, 0.29) is 33.5 Å². The number of aromatic nitrogens is 2. The van der Waals surface area contributed by atoms with Crippen molar-refractivity contribution in [3.05, 3.63) is 101 Å². The summed E-state index contributed by atoms with van der Waals surface area (Å²) < 4.78 is 50.7. The van der Waals surface area contributed by atoms with Gasteiger partial charge in [-0.15, -0.1) is 0 Å². The summed E-state index contributed by atoms with van der Waals surface area (Å²) in [5, 5.41) is 16.0. The molecular formula is C38H35F3N6O3. The highest BCUT2D eigenvalue weighted by Crippen LogP contribution is 2.42. The number of hydrogen-bond acceptors (Lipinski definition) is 7. The van der Waals surface area contributed by atoms with Crippen molar-refractivity contribution >= 4 is 39.7 Å². The molecule has 1 amide bonds. The monoisotopic (exact) mass is 680 g/mol. The minimum atomic E-state index is -4.63. The number of hydrogen-bond donors (Lipinski definition) is 2. The number of methoxy groups -OCH3 is 1. The first-order valence-electron chi connectivity index (χ1n) is 16.7. The summed E-state index contributed by atoms with van der Waals surface area (Å²) in [5.41, 5.74) is 1.54. The van der Waals surface area contributed by atoms with Crippen LogP contribution in [0.1, 0.15) is 65.0 Å². The maximum Gasteiger partial charge on any atom is 0.417 e. The number of carbonyl (C=O) groups excluding carboxylic acids is 2. The number of aliphatic imine (C=N–C) groups is 1. The number of ether oxygens (including phenoxy) is 1. The van der Waals surface area contributed by atoms with Gasteiger partial charge >= 0.3 is 6.18 Å². The number of nitriles is 1. The second-order valence-electron chi connectivity index (χ2n) is 12.9. The molecule has 256 valence electrons. The van der Waals surface area contributed by atoms with Gasteiger partial charge in [-0.25, -0.2) is 4.98 Å². The Bertz CT molecular complexity index is 2070. The lowest BCUT2D eigenvalue weighted by Crippen LogP contribution is -2.35. The van der Waals surface area contributed by atoms with Crippen LogP contribution in [0, 0.1) is 17.2 Å². The number of halogens is 3. The molecule has 1 unspecified atom stereocenters. The second kappa shape index (κ2) is 13.7. The summed E-state index contributed by atoms with van der Waals surface area (Å²) in [5.74, 6) is -0.734. The van der Waals surface area contributed by atoms with Gasteiger partial charge in [-0.2, -0.15) is 18.4 Å². The first-order chi connectivity index (χ1) is 24.1. The molecule has 0 saturated heterocycles. The van der Waals surface area contributed by atoms with E-state index in [2.05, 4.69) is 20.6 Å². The molecule has 2 aliphatic heterocycles. The summed E-state index contributed by atoms with van der Waals surface area (Å²) in [6, 6.07) is 9.46. The van der Waals surface area contributed by atoms with Crippen LogP contribution in [0.4, 0.5) is 18.9 Å². The molecule has 7 rings (SSSR count). The summed E-state index contributed by atoms with van der Waals surface area (Å²) in [4.78, 5) is 35.4. The van der Waals surface area contributed by atoms with Crippen LogP contribution in [0.15, 0.2) is 77.5 Å². The number of ketones is 1. The van der Waals surface area contributed by atoms with E-state index in [9.17, 15) is 28.0 Å². The maximum atomic E-state index is 14.5. The molecule has 0 spiro atoms. The van der Waals surface area contributed by atoms with Crippen LogP contribution >= 0.6 is 0 Å². The molecule has 1 aromatic heterocycles. The van der Waals surface area contributed by atoms with Crippen molar-refractivity contribution in [1.82, 2.24) is 14.9 Å². The summed E-state index contributed by atoms with van der Waals surface area (Å²) in [6.45, 7) is 1.15. The molecule has 2 aromatic carbocycles. The molecule has 1 saturated carbocycles.